The second-order valence-corrected chi connectivity index (χ2v) is 4.04. The molecule has 2 rings (SSSR count). The molecule has 0 aliphatic heterocycles. The van der Waals surface area contributed by atoms with E-state index in [1.54, 1.807) is 0 Å². The zero-order valence-electron chi connectivity index (χ0n) is 11.8. The van der Waals surface area contributed by atoms with Crippen molar-refractivity contribution in [3.8, 4) is 0 Å². The Hall–Kier alpha value is -3.82. The van der Waals surface area contributed by atoms with Crippen LogP contribution in [0.5, 0.6) is 0 Å². The predicted octanol–water partition coefficient (Wildman–Crippen LogP) is 0.956. The lowest BCUT2D eigenvalue weighted by molar-refractivity contribution is 0.0664. The Labute approximate surface area is 133 Å². The molecule has 0 fully saturated rings. The fourth-order valence-corrected chi connectivity index (χ4v) is 1.35. The number of nitrogens with zero attached hydrogens (tertiary/aromatic N) is 2. The highest BCUT2D eigenvalue weighted by Crippen LogP contribution is 1.99. The van der Waals surface area contributed by atoms with E-state index in [0.717, 1.165) is 0 Å². The number of pyridine rings is 2. The molecule has 0 aliphatic rings. The zero-order chi connectivity index (χ0) is 18.3. The lowest BCUT2D eigenvalue weighted by Gasteiger charge is -1.94. The van der Waals surface area contributed by atoms with Gasteiger partial charge < -0.3 is 20.4 Å². The largest absolute Gasteiger partial charge is 0.477 e. The van der Waals surface area contributed by atoms with Gasteiger partial charge in [0.25, 0.3) is 0 Å². The molecule has 4 N–H and O–H groups in total. The number of carbonyl (C=O) groups is 4. The third kappa shape index (κ3) is 5.18. The van der Waals surface area contributed by atoms with Crippen LogP contribution in [0, 0.1) is 0 Å². The SMILES string of the molecule is O=C(O)c1cccc(C(=O)O)n1.O=C(O)c1cccc(C(=O)O)n1. The van der Waals surface area contributed by atoms with Crippen molar-refractivity contribution in [1.82, 2.24) is 9.97 Å². The monoisotopic (exact) mass is 334 g/mol. The van der Waals surface area contributed by atoms with Gasteiger partial charge in [0.05, 0.1) is 0 Å². The minimum absolute atomic E-state index is 0.269. The van der Waals surface area contributed by atoms with Gasteiger partial charge >= 0.3 is 23.9 Å². The molecule has 0 unspecified atom stereocenters. The van der Waals surface area contributed by atoms with Crippen molar-refractivity contribution in [2.45, 2.75) is 0 Å². The molecular formula is C14H10N2O8. The minimum Gasteiger partial charge on any atom is -0.477 e. The molecular weight excluding hydrogens is 324 g/mol. The van der Waals surface area contributed by atoms with Crippen LogP contribution in [0.15, 0.2) is 36.4 Å². The van der Waals surface area contributed by atoms with Crippen LogP contribution in [0.25, 0.3) is 0 Å². The van der Waals surface area contributed by atoms with Crippen LogP contribution in [-0.2, 0) is 0 Å². The van der Waals surface area contributed by atoms with Gasteiger partial charge in [-0.25, -0.2) is 29.1 Å². The molecule has 0 saturated heterocycles. The summed E-state index contributed by atoms with van der Waals surface area (Å²) in [5.74, 6) is -4.95. The fourth-order valence-electron chi connectivity index (χ4n) is 1.35. The van der Waals surface area contributed by atoms with Crippen molar-refractivity contribution in [3.63, 3.8) is 0 Å². The summed E-state index contributed by atoms with van der Waals surface area (Å²) in [6, 6.07) is 7.59. The maximum Gasteiger partial charge on any atom is 0.354 e. The fraction of sp³-hybridized carbons (Fsp3) is 0. The summed E-state index contributed by atoms with van der Waals surface area (Å²) >= 11 is 0. The van der Waals surface area contributed by atoms with E-state index in [-0.39, 0.29) is 22.8 Å². The van der Waals surface area contributed by atoms with Crippen molar-refractivity contribution in [2.24, 2.45) is 0 Å². The van der Waals surface area contributed by atoms with Gasteiger partial charge in [-0.1, -0.05) is 12.1 Å². The number of hydrogen-bond acceptors (Lipinski definition) is 6. The molecule has 0 amide bonds. The Balaban J connectivity index is 0.000000240. The standard InChI is InChI=1S/2C7H5NO4/c2*9-6(10)4-2-1-3-5(8-4)7(11)12/h2*1-3H,(H,9,10)(H,11,12). The molecule has 2 aromatic heterocycles. The predicted molar refractivity (Wildman–Crippen MR) is 76.3 cm³/mol. The first-order valence-corrected chi connectivity index (χ1v) is 6.09. The van der Waals surface area contributed by atoms with E-state index in [2.05, 4.69) is 9.97 Å². The highest BCUT2D eigenvalue weighted by molar-refractivity contribution is 5.90. The summed E-state index contributed by atoms with van der Waals surface area (Å²) in [5, 5.41) is 33.7. The Morgan fingerprint density at radius 1 is 0.542 bits per heavy atom. The van der Waals surface area contributed by atoms with Gasteiger partial charge in [-0.2, -0.15) is 0 Å². The van der Waals surface area contributed by atoms with E-state index >= 15 is 0 Å². The Morgan fingerprint density at radius 2 is 0.750 bits per heavy atom. The van der Waals surface area contributed by atoms with Gasteiger partial charge in [0.1, 0.15) is 22.8 Å². The van der Waals surface area contributed by atoms with Crippen molar-refractivity contribution in [3.05, 3.63) is 59.2 Å². The number of hydrogen-bond donors (Lipinski definition) is 4. The minimum atomic E-state index is -1.24. The van der Waals surface area contributed by atoms with Crippen molar-refractivity contribution in [1.29, 1.82) is 0 Å². The Bertz CT molecular complexity index is 677. The second-order valence-electron chi connectivity index (χ2n) is 4.04. The summed E-state index contributed by atoms with van der Waals surface area (Å²) in [6.45, 7) is 0. The van der Waals surface area contributed by atoms with Crippen molar-refractivity contribution in [2.75, 3.05) is 0 Å². The molecule has 2 heterocycles. The third-order valence-electron chi connectivity index (χ3n) is 2.37. The lowest BCUT2D eigenvalue weighted by atomic mass is 10.3. The molecule has 2 aromatic rings. The summed E-state index contributed by atoms with van der Waals surface area (Å²) in [6.07, 6.45) is 0. The van der Waals surface area contributed by atoms with Gasteiger partial charge in [-0.05, 0) is 24.3 Å². The Kier molecular flexibility index (Phi) is 6.06. The molecule has 0 spiro atoms. The first kappa shape index (κ1) is 18.2. The van der Waals surface area contributed by atoms with E-state index in [4.69, 9.17) is 20.4 Å². The van der Waals surface area contributed by atoms with Gasteiger partial charge in [0.15, 0.2) is 0 Å². The van der Waals surface area contributed by atoms with E-state index in [9.17, 15) is 19.2 Å². The first-order chi connectivity index (χ1) is 11.2. The molecule has 10 nitrogen and oxygen atoms in total. The molecule has 0 radical (unpaired) electrons. The van der Waals surface area contributed by atoms with Crippen LogP contribution < -0.4 is 0 Å². The van der Waals surface area contributed by atoms with Crippen molar-refractivity contribution >= 4 is 23.9 Å². The van der Waals surface area contributed by atoms with Crippen LogP contribution >= 0.6 is 0 Å². The van der Waals surface area contributed by atoms with Gasteiger partial charge in [-0.15, -0.1) is 0 Å². The molecule has 0 atom stereocenters. The third-order valence-corrected chi connectivity index (χ3v) is 2.37. The van der Waals surface area contributed by atoms with Crippen LogP contribution in [0.2, 0.25) is 0 Å². The van der Waals surface area contributed by atoms with E-state index in [0.29, 0.717) is 0 Å². The van der Waals surface area contributed by atoms with Crippen LogP contribution in [-0.4, -0.2) is 54.3 Å². The van der Waals surface area contributed by atoms with E-state index in [1.807, 2.05) is 0 Å². The normalized spacial score (nSPS) is 9.33. The lowest BCUT2D eigenvalue weighted by Crippen LogP contribution is -2.06. The summed E-state index contributed by atoms with van der Waals surface area (Å²) in [4.78, 5) is 48.0. The summed E-state index contributed by atoms with van der Waals surface area (Å²) in [7, 11) is 0. The smallest absolute Gasteiger partial charge is 0.354 e. The molecule has 24 heavy (non-hydrogen) atoms. The number of aromatic carboxylic acids is 4. The van der Waals surface area contributed by atoms with Crippen LogP contribution in [0.4, 0.5) is 0 Å². The van der Waals surface area contributed by atoms with E-state index in [1.165, 1.54) is 36.4 Å². The molecule has 124 valence electrons. The average Bonchev–Trinajstić information content (AvgIpc) is 2.55. The highest BCUT2D eigenvalue weighted by Gasteiger charge is 2.09. The highest BCUT2D eigenvalue weighted by atomic mass is 16.4. The zero-order valence-corrected chi connectivity index (χ0v) is 11.8. The number of carboxylic acids is 4. The number of carboxylic acid groups (broad SMARTS) is 4. The molecule has 0 aromatic carbocycles. The molecule has 0 bridgehead atoms. The summed E-state index contributed by atoms with van der Waals surface area (Å²) in [5.41, 5.74) is -1.07. The Morgan fingerprint density at radius 3 is 0.917 bits per heavy atom. The van der Waals surface area contributed by atoms with Gasteiger partial charge in [-0.3, -0.25) is 0 Å². The first-order valence-electron chi connectivity index (χ1n) is 6.09. The second kappa shape index (κ2) is 7.98. The quantitative estimate of drug-likeness (QED) is 0.629. The summed E-state index contributed by atoms with van der Waals surface area (Å²) < 4.78 is 0. The van der Waals surface area contributed by atoms with Gasteiger partial charge in [0, 0.05) is 0 Å². The van der Waals surface area contributed by atoms with Crippen LogP contribution in [0.3, 0.4) is 0 Å². The van der Waals surface area contributed by atoms with Gasteiger partial charge in [0.2, 0.25) is 0 Å². The maximum atomic E-state index is 10.3. The molecule has 0 saturated carbocycles. The molecule has 10 heteroatoms. The maximum absolute atomic E-state index is 10.3. The average molecular weight is 334 g/mol. The molecule has 0 aliphatic carbocycles. The van der Waals surface area contributed by atoms with Crippen LogP contribution in [0.1, 0.15) is 42.0 Å². The van der Waals surface area contributed by atoms with E-state index < -0.39 is 23.9 Å². The van der Waals surface area contributed by atoms with Crippen molar-refractivity contribution < 1.29 is 39.6 Å². The topological polar surface area (TPSA) is 175 Å². The number of aromatic nitrogens is 2. The number of rotatable bonds is 4.